The van der Waals surface area contributed by atoms with E-state index in [1.165, 1.54) is 0 Å². The van der Waals surface area contributed by atoms with Gasteiger partial charge in [0.05, 0.1) is 5.69 Å². The smallest absolute Gasteiger partial charge is 0.132 e. The molecule has 1 aliphatic rings. The Morgan fingerprint density at radius 1 is 1.31 bits per heavy atom. The van der Waals surface area contributed by atoms with E-state index in [4.69, 9.17) is 11.5 Å². The predicted octanol–water partition coefficient (Wildman–Crippen LogP) is 0.307. The maximum absolute atomic E-state index is 5.80. The first-order valence-electron chi connectivity index (χ1n) is 4.23. The highest BCUT2D eigenvalue weighted by Gasteiger charge is 2.17. The highest BCUT2D eigenvalue weighted by Crippen LogP contribution is 2.31. The number of nitrogens with zero attached hydrogens (tertiary/aromatic N) is 2. The minimum Gasteiger partial charge on any atom is -0.383 e. The van der Waals surface area contributed by atoms with Gasteiger partial charge in [-0.3, -0.25) is 0 Å². The van der Waals surface area contributed by atoms with Crippen LogP contribution in [0.15, 0.2) is 0 Å². The maximum Gasteiger partial charge on any atom is 0.132 e. The lowest BCUT2D eigenvalue weighted by Crippen LogP contribution is -2.10. The number of aromatic nitrogens is 2. The Hall–Kier alpha value is -0.810. The summed E-state index contributed by atoms with van der Waals surface area (Å²) in [6.45, 7) is 0.575. The zero-order valence-electron chi connectivity index (χ0n) is 7.29. The Kier molecular flexibility index (Phi) is 2.37. The summed E-state index contributed by atoms with van der Waals surface area (Å²) in [5.74, 6) is 3.32. The molecule has 0 atom stereocenters. The van der Waals surface area contributed by atoms with Gasteiger partial charge in [0.2, 0.25) is 0 Å². The van der Waals surface area contributed by atoms with Crippen molar-refractivity contribution in [3.8, 4) is 0 Å². The van der Waals surface area contributed by atoms with Crippen LogP contribution in [0.3, 0.4) is 0 Å². The van der Waals surface area contributed by atoms with Crippen molar-refractivity contribution in [1.82, 2.24) is 9.97 Å². The van der Waals surface area contributed by atoms with Gasteiger partial charge in [0.15, 0.2) is 0 Å². The second kappa shape index (κ2) is 3.51. The Morgan fingerprint density at radius 3 is 2.92 bits per heavy atom. The molecular formula is C8H12N4S. The molecule has 1 aromatic heterocycles. The zero-order valence-corrected chi connectivity index (χ0v) is 8.10. The minimum absolute atomic E-state index is 0.575. The van der Waals surface area contributed by atoms with Gasteiger partial charge >= 0.3 is 0 Å². The van der Waals surface area contributed by atoms with Gasteiger partial charge in [-0.1, -0.05) is 0 Å². The van der Waals surface area contributed by atoms with Crippen molar-refractivity contribution >= 4 is 17.6 Å². The standard InChI is InChI=1S/C8H12N4S/c9-2-1-7-11-6-4-13-3-5(6)8(10)12-7/h1-4,9H2,(H2,10,11,12). The fraction of sp³-hybridized carbons (Fsp3) is 0.500. The number of fused-ring (bicyclic) bond motifs is 1. The highest BCUT2D eigenvalue weighted by atomic mass is 32.2. The summed E-state index contributed by atoms with van der Waals surface area (Å²) in [5, 5.41) is 0. The van der Waals surface area contributed by atoms with E-state index in [2.05, 4.69) is 9.97 Å². The molecule has 0 spiro atoms. The number of rotatable bonds is 2. The van der Waals surface area contributed by atoms with Crippen LogP contribution in [-0.2, 0) is 17.9 Å². The minimum atomic E-state index is 0.575. The average molecular weight is 196 g/mol. The SMILES string of the molecule is NCCc1nc(N)c2c(n1)CSC2. The summed E-state index contributed by atoms with van der Waals surface area (Å²) in [6, 6.07) is 0. The normalized spacial score (nSPS) is 14.5. The van der Waals surface area contributed by atoms with Gasteiger partial charge in [-0.25, -0.2) is 9.97 Å². The van der Waals surface area contributed by atoms with E-state index in [9.17, 15) is 0 Å². The third-order valence-electron chi connectivity index (χ3n) is 2.02. The quantitative estimate of drug-likeness (QED) is 0.711. The fourth-order valence-electron chi connectivity index (χ4n) is 1.37. The van der Waals surface area contributed by atoms with Gasteiger partial charge in [-0.15, -0.1) is 0 Å². The molecule has 4 N–H and O–H groups in total. The molecule has 4 nitrogen and oxygen atoms in total. The Morgan fingerprint density at radius 2 is 2.15 bits per heavy atom. The van der Waals surface area contributed by atoms with E-state index in [0.717, 1.165) is 28.6 Å². The topological polar surface area (TPSA) is 77.8 Å². The lowest BCUT2D eigenvalue weighted by atomic mass is 10.2. The summed E-state index contributed by atoms with van der Waals surface area (Å²) in [4.78, 5) is 8.62. The lowest BCUT2D eigenvalue weighted by Gasteiger charge is -2.04. The molecule has 0 saturated carbocycles. The monoisotopic (exact) mass is 196 g/mol. The summed E-state index contributed by atoms with van der Waals surface area (Å²) in [7, 11) is 0. The van der Waals surface area contributed by atoms with E-state index < -0.39 is 0 Å². The van der Waals surface area contributed by atoms with Gasteiger partial charge in [0.1, 0.15) is 11.6 Å². The number of thioether (sulfide) groups is 1. The third kappa shape index (κ3) is 1.62. The van der Waals surface area contributed by atoms with Gasteiger partial charge in [0, 0.05) is 23.5 Å². The maximum atomic E-state index is 5.80. The van der Waals surface area contributed by atoms with E-state index in [-0.39, 0.29) is 0 Å². The van der Waals surface area contributed by atoms with Crippen LogP contribution in [0.1, 0.15) is 17.1 Å². The average Bonchev–Trinajstić information content (AvgIpc) is 2.53. The predicted molar refractivity (Wildman–Crippen MR) is 54.2 cm³/mol. The molecule has 0 bridgehead atoms. The third-order valence-corrected chi connectivity index (χ3v) is 2.99. The van der Waals surface area contributed by atoms with Gasteiger partial charge in [-0.05, 0) is 6.54 Å². The molecule has 13 heavy (non-hydrogen) atoms. The van der Waals surface area contributed by atoms with Crippen LogP contribution >= 0.6 is 11.8 Å². The second-order valence-electron chi connectivity index (χ2n) is 2.98. The summed E-state index contributed by atoms with van der Waals surface area (Å²) >= 11 is 1.83. The summed E-state index contributed by atoms with van der Waals surface area (Å²) in [6.07, 6.45) is 0.710. The summed E-state index contributed by atoms with van der Waals surface area (Å²) in [5.41, 5.74) is 13.4. The number of anilines is 1. The van der Waals surface area contributed by atoms with Gasteiger partial charge < -0.3 is 11.5 Å². The van der Waals surface area contributed by atoms with Gasteiger partial charge in [0.25, 0.3) is 0 Å². The molecule has 2 heterocycles. The molecule has 0 saturated heterocycles. The molecule has 0 aromatic carbocycles. The number of nitrogen functional groups attached to an aromatic ring is 1. The van der Waals surface area contributed by atoms with E-state index in [1.807, 2.05) is 11.8 Å². The number of nitrogens with two attached hydrogens (primary N) is 2. The largest absolute Gasteiger partial charge is 0.383 e. The Balaban J connectivity index is 2.37. The van der Waals surface area contributed by atoms with Crippen molar-refractivity contribution < 1.29 is 0 Å². The molecule has 70 valence electrons. The van der Waals surface area contributed by atoms with Crippen LogP contribution in [0.4, 0.5) is 5.82 Å². The Bertz CT molecular complexity index is 326. The van der Waals surface area contributed by atoms with Crippen LogP contribution in [-0.4, -0.2) is 16.5 Å². The van der Waals surface area contributed by atoms with Crippen LogP contribution < -0.4 is 11.5 Å². The van der Waals surface area contributed by atoms with Gasteiger partial charge in [-0.2, -0.15) is 11.8 Å². The van der Waals surface area contributed by atoms with Crippen molar-refractivity contribution in [2.75, 3.05) is 12.3 Å². The number of hydrogen-bond donors (Lipinski definition) is 2. The van der Waals surface area contributed by atoms with Crippen molar-refractivity contribution in [2.45, 2.75) is 17.9 Å². The second-order valence-corrected chi connectivity index (χ2v) is 3.97. The van der Waals surface area contributed by atoms with Crippen molar-refractivity contribution in [3.63, 3.8) is 0 Å². The molecular weight excluding hydrogens is 184 g/mol. The van der Waals surface area contributed by atoms with Crippen LogP contribution in [0.25, 0.3) is 0 Å². The Labute approximate surface area is 81.1 Å². The first-order valence-corrected chi connectivity index (χ1v) is 5.38. The lowest BCUT2D eigenvalue weighted by molar-refractivity contribution is 0.853. The first-order chi connectivity index (χ1) is 6.31. The first kappa shape index (κ1) is 8.77. The zero-order chi connectivity index (χ0) is 9.26. The fourth-order valence-corrected chi connectivity index (χ4v) is 2.42. The van der Waals surface area contributed by atoms with E-state index in [1.54, 1.807) is 0 Å². The molecule has 1 aliphatic heterocycles. The van der Waals surface area contributed by atoms with E-state index in [0.29, 0.717) is 18.8 Å². The molecule has 0 radical (unpaired) electrons. The molecule has 5 heteroatoms. The molecule has 0 aliphatic carbocycles. The molecule has 0 fully saturated rings. The molecule has 0 amide bonds. The molecule has 1 aromatic rings. The van der Waals surface area contributed by atoms with Crippen molar-refractivity contribution in [3.05, 3.63) is 17.1 Å². The van der Waals surface area contributed by atoms with Crippen LogP contribution in [0.2, 0.25) is 0 Å². The molecule has 0 unspecified atom stereocenters. The van der Waals surface area contributed by atoms with Crippen molar-refractivity contribution in [1.29, 1.82) is 0 Å². The highest BCUT2D eigenvalue weighted by molar-refractivity contribution is 7.98. The van der Waals surface area contributed by atoms with E-state index >= 15 is 0 Å². The van der Waals surface area contributed by atoms with Crippen LogP contribution in [0.5, 0.6) is 0 Å². The van der Waals surface area contributed by atoms with Crippen LogP contribution in [0, 0.1) is 0 Å². The van der Waals surface area contributed by atoms with Crippen molar-refractivity contribution in [2.24, 2.45) is 5.73 Å². The molecule has 2 rings (SSSR count). The summed E-state index contributed by atoms with van der Waals surface area (Å²) < 4.78 is 0. The number of hydrogen-bond acceptors (Lipinski definition) is 5.